The summed E-state index contributed by atoms with van der Waals surface area (Å²) in [7, 11) is 0. The van der Waals surface area contributed by atoms with Gasteiger partial charge in [0.05, 0.1) is 0 Å². The van der Waals surface area contributed by atoms with Gasteiger partial charge in [-0.3, -0.25) is 0 Å². The Balaban J connectivity index is 2.22. The van der Waals surface area contributed by atoms with Crippen molar-refractivity contribution in [3.05, 3.63) is 22.2 Å². The summed E-state index contributed by atoms with van der Waals surface area (Å²) in [6.07, 6.45) is 2.32. The first-order chi connectivity index (χ1) is 6.28. The average Bonchev–Trinajstić information content (AvgIpc) is 2.87. The Morgan fingerprint density at radius 2 is 2.46 bits per heavy atom. The van der Waals surface area contributed by atoms with Crippen molar-refractivity contribution in [1.82, 2.24) is 9.97 Å². The molecule has 0 spiro atoms. The molecule has 0 saturated heterocycles. The average molecular weight is 180 g/mol. The highest BCUT2D eigenvalue weighted by Crippen LogP contribution is 2.23. The van der Waals surface area contributed by atoms with Gasteiger partial charge in [0.2, 0.25) is 0 Å². The van der Waals surface area contributed by atoms with Crippen LogP contribution in [0.15, 0.2) is 10.9 Å². The van der Waals surface area contributed by atoms with Gasteiger partial charge in [0.25, 0.3) is 0 Å². The van der Waals surface area contributed by atoms with E-state index in [0.717, 1.165) is 12.8 Å². The molecule has 0 radical (unpaired) electrons. The molecule has 1 aromatic heterocycles. The molecule has 5 nitrogen and oxygen atoms in total. The van der Waals surface area contributed by atoms with Crippen LogP contribution < -0.4 is 16.7 Å². The molecule has 1 aromatic rings. The highest BCUT2D eigenvalue weighted by molar-refractivity contribution is 5.37. The Bertz CT molecular complexity index is 355. The normalized spacial score (nSPS) is 15.8. The van der Waals surface area contributed by atoms with Crippen LogP contribution in [0.5, 0.6) is 0 Å². The van der Waals surface area contributed by atoms with Crippen molar-refractivity contribution in [3.63, 3.8) is 0 Å². The van der Waals surface area contributed by atoms with E-state index >= 15 is 0 Å². The summed E-state index contributed by atoms with van der Waals surface area (Å²) < 4.78 is 0. The maximum atomic E-state index is 11.0. The van der Waals surface area contributed by atoms with Crippen LogP contribution in [-0.4, -0.2) is 16.0 Å². The van der Waals surface area contributed by atoms with E-state index < -0.39 is 0 Å². The van der Waals surface area contributed by atoms with Gasteiger partial charge in [0.15, 0.2) is 0 Å². The molecular formula is C8H12N4O. The van der Waals surface area contributed by atoms with E-state index in [1.165, 1.54) is 0 Å². The Labute approximate surface area is 75.4 Å². The van der Waals surface area contributed by atoms with Crippen LogP contribution in [0, 0.1) is 0 Å². The molecule has 1 aliphatic rings. The van der Waals surface area contributed by atoms with Crippen molar-refractivity contribution in [3.8, 4) is 0 Å². The Morgan fingerprint density at radius 1 is 1.69 bits per heavy atom. The summed E-state index contributed by atoms with van der Waals surface area (Å²) in [4.78, 5) is 17.4. The van der Waals surface area contributed by atoms with Gasteiger partial charge in [-0.25, -0.2) is 4.79 Å². The summed E-state index contributed by atoms with van der Waals surface area (Å²) in [6.45, 7) is 0.330. The molecule has 1 aliphatic carbocycles. The fourth-order valence-electron chi connectivity index (χ4n) is 1.13. The van der Waals surface area contributed by atoms with E-state index in [4.69, 9.17) is 5.73 Å². The topological polar surface area (TPSA) is 83.8 Å². The summed E-state index contributed by atoms with van der Waals surface area (Å²) in [5.41, 5.74) is 5.78. The first-order valence-electron chi connectivity index (χ1n) is 4.35. The van der Waals surface area contributed by atoms with Crippen LogP contribution in [0.4, 0.5) is 5.82 Å². The minimum Gasteiger partial charge on any atom is -0.367 e. The van der Waals surface area contributed by atoms with Crippen molar-refractivity contribution in [2.24, 2.45) is 5.73 Å². The highest BCUT2D eigenvalue weighted by atomic mass is 16.1. The fourth-order valence-corrected chi connectivity index (χ4v) is 1.13. The SMILES string of the molecule is NCc1cc(NC2CC2)nc(=O)[nH]1. The predicted molar refractivity (Wildman–Crippen MR) is 49.4 cm³/mol. The molecule has 0 aliphatic heterocycles. The van der Waals surface area contributed by atoms with E-state index in [9.17, 15) is 4.79 Å². The van der Waals surface area contributed by atoms with Gasteiger partial charge >= 0.3 is 5.69 Å². The van der Waals surface area contributed by atoms with E-state index in [1.807, 2.05) is 0 Å². The van der Waals surface area contributed by atoms with Gasteiger partial charge < -0.3 is 16.0 Å². The molecular weight excluding hydrogens is 168 g/mol. The number of aromatic amines is 1. The second kappa shape index (κ2) is 3.18. The van der Waals surface area contributed by atoms with Gasteiger partial charge in [-0.2, -0.15) is 4.98 Å². The number of H-pyrrole nitrogens is 1. The number of aromatic nitrogens is 2. The van der Waals surface area contributed by atoms with Crippen molar-refractivity contribution >= 4 is 5.82 Å². The zero-order chi connectivity index (χ0) is 9.26. The smallest absolute Gasteiger partial charge is 0.347 e. The molecule has 4 N–H and O–H groups in total. The van der Waals surface area contributed by atoms with E-state index in [2.05, 4.69) is 15.3 Å². The summed E-state index contributed by atoms with van der Waals surface area (Å²) >= 11 is 0. The maximum absolute atomic E-state index is 11.0. The molecule has 5 heteroatoms. The molecule has 1 fully saturated rings. The number of anilines is 1. The number of rotatable bonds is 3. The highest BCUT2D eigenvalue weighted by Gasteiger charge is 2.21. The third kappa shape index (κ3) is 2.06. The molecule has 70 valence electrons. The first kappa shape index (κ1) is 8.25. The van der Waals surface area contributed by atoms with E-state index in [1.54, 1.807) is 6.07 Å². The van der Waals surface area contributed by atoms with Crippen LogP contribution in [0.2, 0.25) is 0 Å². The number of nitrogens with one attached hydrogen (secondary N) is 2. The van der Waals surface area contributed by atoms with Crippen LogP contribution in [0.3, 0.4) is 0 Å². The molecule has 0 atom stereocenters. The van der Waals surface area contributed by atoms with Crippen molar-refractivity contribution < 1.29 is 0 Å². The van der Waals surface area contributed by atoms with Gasteiger partial charge in [0, 0.05) is 24.3 Å². The largest absolute Gasteiger partial charge is 0.367 e. The monoisotopic (exact) mass is 180 g/mol. The summed E-state index contributed by atoms with van der Waals surface area (Å²) in [5.74, 6) is 0.631. The standard InChI is InChI=1S/C8H12N4O/c9-4-6-3-7(10-5-1-2-5)12-8(13)11-6/h3,5H,1-2,4,9H2,(H2,10,11,12,13). The Hall–Kier alpha value is -1.36. The molecule has 0 bridgehead atoms. The van der Waals surface area contributed by atoms with Gasteiger partial charge in [-0.15, -0.1) is 0 Å². The van der Waals surface area contributed by atoms with Crippen molar-refractivity contribution in [1.29, 1.82) is 0 Å². The predicted octanol–water partition coefficient (Wildman–Crippen LogP) is -0.197. The van der Waals surface area contributed by atoms with Crippen LogP contribution in [0.25, 0.3) is 0 Å². The lowest BCUT2D eigenvalue weighted by molar-refractivity contribution is 0.925. The summed E-state index contributed by atoms with van der Waals surface area (Å²) in [5, 5.41) is 3.14. The van der Waals surface area contributed by atoms with Crippen molar-refractivity contribution in [2.45, 2.75) is 25.4 Å². The van der Waals surface area contributed by atoms with Crippen molar-refractivity contribution in [2.75, 3.05) is 5.32 Å². The molecule has 0 amide bonds. The third-order valence-corrected chi connectivity index (χ3v) is 1.95. The zero-order valence-corrected chi connectivity index (χ0v) is 7.21. The second-order valence-electron chi connectivity index (χ2n) is 3.22. The lowest BCUT2D eigenvalue weighted by Crippen LogP contribution is -2.18. The molecule has 1 heterocycles. The molecule has 2 rings (SSSR count). The second-order valence-corrected chi connectivity index (χ2v) is 3.22. The van der Waals surface area contributed by atoms with Gasteiger partial charge in [-0.1, -0.05) is 0 Å². The van der Waals surface area contributed by atoms with Gasteiger partial charge in [0.1, 0.15) is 5.82 Å². The van der Waals surface area contributed by atoms with Gasteiger partial charge in [-0.05, 0) is 12.8 Å². The summed E-state index contributed by atoms with van der Waals surface area (Å²) in [6, 6.07) is 2.28. The molecule has 0 unspecified atom stereocenters. The quantitative estimate of drug-likeness (QED) is 0.601. The number of hydrogen-bond acceptors (Lipinski definition) is 4. The first-order valence-corrected chi connectivity index (χ1v) is 4.35. The Morgan fingerprint density at radius 3 is 3.08 bits per heavy atom. The van der Waals surface area contributed by atoms with E-state index in [0.29, 0.717) is 24.1 Å². The Kier molecular flexibility index (Phi) is 2.02. The van der Waals surface area contributed by atoms with Crippen LogP contribution >= 0.6 is 0 Å². The number of nitrogens with zero attached hydrogens (tertiary/aromatic N) is 1. The minimum atomic E-state index is -0.342. The minimum absolute atomic E-state index is 0.330. The van der Waals surface area contributed by atoms with Crippen LogP contribution in [0.1, 0.15) is 18.5 Å². The molecule has 1 saturated carbocycles. The third-order valence-electron chi connectivity index (χ3n) is 1.95. The van der Waals surface area contributed by atoms with Crippen LogP contribution in [-0.2, 0) is 6.54 Å². The fraction of sp³-hybridized carbons (Fsp3) is 0.500. The molecule has 0 aromatic carbocycles. The maximum Gasteiger partial charge on any atom is 0.347 e. The zero-order valence-electron chi connectivity index (χ0n) is 7.21. The van der Waals surface area contributed by atoms with E-state index in [-0.39, 0.29) is 5.69 Å². The lowest BCUT2D eigenvalue weighted by atomic mass is 10.4. The number of nitrogens with two attached hydrogens (primary N) is 1. The molecule has 13 heavy (non-hydrogen) atoms. The lowest BCUT2D eigenvalue weighted by Gasteiger charge is -2.03. The number of hydrogen-bond donors (Lipinski definition) is 3.